The fraction of sp³-hybridized carbons (Fsp3) is 0.657. The van der Waals surface area contributed by atoms with Gasteiger partial charge in [-0.05, 0) is 111 Å². The van der Waals surface area contributed by atoms with Crippen molar-refractivity contribution in [3.63, 3.8) is 0 Å². The highest BCUT2D eigenvalue weighted by Gasteiger charge is 2.35. The Bertz CT molecular complexity index is 1050. The van der Waals surface area contributed by atoms with E-state index in [1.807, 2.05) is 12.1 Å². The van der Waals surface area contributed by atoms with Crippen molar-refractivity contribution in [2.45, 2.75) is 104 Å². The lowest BCUT2D eigenvalue weighted by molar-refractivity contribution is -0.0421. The molecule has 5 heteroatoms. The Kier molecular flexibility index (Phi) is 10.4. The molecule has 0 bridgehead atoms. The van der Waals surface area contributed by atoms with Crippen LogP contribution in [0, 0.1) is 41.2 Å². The van der Waals surface area contributed by atoms with Gasteiger partial charge in [0, 0.05) is 0 Å². The van der Waals surface area contributed by atoms with Gasteiger partial charge in [-0.15, -0.1) is 0 Å². The summed E-state index contributed by atoms with van der Waals surface area (Å²) in [5.74, 6) is 2.28. The highest BCUT2D eigenvalue weighted by molar-refractivity contribution is 5.35. The maximum absolute atomic E-state index is 14.3. The summed E-state index contributed by atoms with van der Waals surface area (Å²) >= 11 is 0. The van der Waals surface area contributed by atoms with E-state index in [9.17, 15) is 8.78 Å². The molecular weight excluding hydrogens is 506 g/mol. The third kappa shape index (κ3) is 7.19. The number of hydrogen-bond donors (Lipinski definition) is 0. The topological polar surface area (TPSA) is 27.7 Å². The van der Waals surface area contributed by atoms with Crippen LogP contribution in [0.25, 0.3) is 0 Å². The molecule has 1 heterocycles. The second-order valence-corrected chi connectivity index (χ2v) is 12.6. The van der Waals surface area contributed by atoms with Crippen molar-refractivity contribution >= 4 is 0 Å². The highest BCUT2D eigenvalue weighted by Crippen LogP contribution is 2.45. The quantitative estimate of drug-likeness (QED) is 0.292. The zero-order valence-electron chi connectivity index (χ0n) is 24.5. The third-order valence-corrected chi connectivity index (χ3v) is 10.1. The van der Waals surface area contributed by atoms with Crippen LogP contribution in [-0.4, -0.2) is 13.2 Å². The minimum atomic E-state index is -1.02. The summed E-state index contributed by atoms with van der Waals surface area (Å²) in [4.78, 5) is 0. The molecule has 0 amide bonds. The lowest BCUT2D eigenvalue weighted by Crippen LogP contribution is -2.32. The number of ether oxygens (including phenoxy) is 3. The summed E-state index contributed by atoms with van der Waals surface area (Å²) in [6, 6.07) is 11.0. The lowest BCUT2D eigenvalue weighted by atomic mass is 9.66. The molecule has 2 atom stereocenters. The molecule has 1 saturated heterocycles. The Hall–Kier alpha value is -2.14. The summed E-state index contributed by atoms with van der Waals surface area (Å²) in [7, 11) is 0. The molecule has 2 aliphatic carbocycles. The average molecular weight is 555 g/mol. The largest absolute Gasteiger partial charge is 0.491 e. The smallest absolute Gasteiger partial charge is 0.204 e. The monoisotopic (exact) mass is 554 g/mol. The Morgan fingerprint density at radius 1 is 0.675 bits per heavy atom. The fourth-order valence-electron chi connectivity index (χ4n) is 7.73. The molecule has 2 aromatic rings. The molecule has 3 aliphatic rings. The Morgan fingerprint density at radius 2 is 1.23 bits per heavy atom. The molecule has 3 nitrogen and oxygen atoms in total. The van der Waals surface area contributed by atoms with Crippen molar-refractivity contribution in [1.29, 1.82) is 0 Å². The van der Waals surface area contributed by atoms with Crippen LogP contribution in [0.3, 0.4) is 0 Å². The number of hydrogen-bond acceptors (Lipinski definition) is 3. The maximum Gasteiger partial charge on any atom is 0.204 e. The molecule has 5 rings (SSSR count). The minimum absolute atomic E-state index is 0.0981. The zero-order valence-corrected chi connectivity index (χ0v) is 24.5. The summed E-state index contributed by atoms with van der Waals surface area (Å²) in [6.45, 7) is 5.37. The Morgan fingerprint density at radius 3 is 1.77 bits per heavy atom. The number of benzene rings is 2. The van der Waals surface area contributed by atoms with Crippen molar-refractivity contribution in [1.82, 2.24) is 0 Å². The standard InChI is InChI=1S/C35H48F2O3/c1-3-5-24-6-10-26(11-7-24)27-14-16-28(17-15-27)30-18-19-31(40-23-30)29-12-8-25(9-13-29)22-39-33-21-20-32(38-4-2)34(36)35(33)37/h8-9,12-13,20-21,24,26-28,30-31H,3-7,10-11,14-19,22-23H2,1-2H3. The van der Waals surface area contributed by atoms with Crippen molar-refractivity contribution in [3.05, 3.63) is 59.2 Å². The Balaban J connectivity index is 1.04. The summed E-state index contributed by atoms with van der Waals surface area (Å²) < 4.78 is 45.5. The lowest BCUT2D eigenvalue weighted by Gasteiger charge is -2.41. The van der Waals surface area contributed by atoms with Gasteiger partial charge in [0.15, 0.2) is 11.5 Å². The summed E-state index contributed by atoms with van der Waals surface area (Å²) in [5.41, 5.74) is 2.09. The van der Waals surface area contributed by atoms with Gasteiger partial charge in [0.1, 0.15) is 6.61 Å². The van der Waals surface area contributed by atoms with Gasteiger partial charge in [-0.25, -0.2) is 0 Å². The second-order valence-electron chi connectivity index (χ2n) is 12.6. The van der Waals surface area contributed by atoms with Gasteiger partial charge >= 0.3 is 0 Å². The first kappa shape index (κ1) is 29.4. The van der Waals surface area contributed by atoms with E-state index in [0.717, 1.165) is 42.3 Å². The predicted molar refractivity (Wildman–Crippen MR) is 156 cm³/mol. The molecule has 220 valence electrons. The number of rotatable bonds is 10. The van der Waals surface area contributed by atoms with Crippen LogP contribution in [0.5, 0.6) is 11.5 Å². The molecule has 0 aromatic heterocycles. The first-order valence-electron chi connectivity index (χ1n) is 16.0. The van der Waals surface area contributed by atoms with Gasteiger partial charge < -0.3 is 14.2 Å². The molecule has 2 unspecified atom stereocenters. The molecule has 2 aromatic carbocycles. The first-order chi connectivity index (χ1) is 19.6. The maximum atomic E-state index is 14.3. The summed E-state index contributed by atoms with van der Waals surface area (Å²) in [6.07, 6.45) is 16.8. The van der Waals surface area contributed by atoms with Gasteiger partial charge in [0.2, 0.25) is 11.6 Å². The highest BCUT2D eigenvalue weighted by atomic mass is 19.2. The molecule has 3 fully saturated rings. The van der Waals surface area contributed by atoms with Gasteiger partial charge in [-0.2, -0.15) is 8.78 Å². The molecule has 1 aliphatic heterocycles. The normalized spacial score (nSPS) is 29.2. The molecule has 0 spiro atoms. The van der Waals surface area contributed by atoms with Crippen LogP contribution >= 0.6 is 0 Å². The van der Waals surface area contributed by atoms with Crippen molar-refractivity contribution in [2.24, 2.45) is 29.6 Å². The molecule has 2 saturated carbocycles. The van der Waals surface area contributed by atoms with Gasteiger partial charge in [0.05, 0.1) is 19.3 Å². The van der Waals surface area contributed by atoms with Gasteiger partial charge in [0.25, 0.3) is 0 Å². The van der Waals surface area contributed by atoms with E-state index in [2.05, 4.69) is 19.1 Å². The van der Waals surface area contributed by atoms with Crippen LogP contribution in [0.1, 0.15) is 108 Å². The summed E-state index contributed by atoms with van der Waals surface area (Å²) in [5, 5.41) is 0. The molecule has 0 N–H and O–H groups in total. The Labute approximate surface area is 240 Å². The third-order valence-electron chi connectivity index (χ3n) is 10.1. The predicted octanol–water partition coefficient (Wildman–Crippen LogP) is 9.82. The average Bonchev–Trinajstić information content (AvgIpc) is 3.00. The van der Waals surface area contributed by atoms with E-state index in [0.29, 0.717) is 5.92 Å². The van der Waals surface area contributed by atoms with E-state index >= 15 is 0 Å². The minimum Gasteiger partial charge on any atom is -0.491 e. The van der Waals surface area contributed by atoms with E-state index in [4.69, 9.17) is 14.2 Å². The second kappa shape index (κ2) is 14.2. The van der Waals surface area contributed by atoms with E-state index in [-0.39, 0.29) is 30.8 Å². The van der Waals surface area contributed by atoms with Crippen LogP contribution < -0.4 is 9.47 Å². The molecule has 40 heavy (non-hydrogen) atoms. The van der Waals surface area contributed by atoms with Crippen LogP contribution in [0.15, 0.2) is 36.4 Å². The first-order valence-corrected chi connectivity index (χ1v) is 16.0. The molecular formula is C35H48F2O3. The van der Waals surface area contributed by atoms with E-state index in [1.54, 1.807) is 6.92 Å². The number of halogens is 2. The van der Waals surface area contributed by atoms with Crippen LogP contribution in [0.4, 0.5) is 8.78 Å². The van der Waals surface area contributed by atoms with E-state index < -0.39 is 11.6 Å². The van der Waals surface area contributed by atoms with Crippen molar-refractivity contribution < 1.29 is 23.0 Å². The van der Waals surface area contributed by atoms with E-state index in [1.165, 1.54) is 88.3 Å². The SMILES string of the molecule is CCCC1CCC(C2CCC(C3CCC(c4ccc(COc5ccc(OCC)c(F)c5F)cc4)OC3)CC2)CC1. The van der Waals surface area contributed by atoms with Gasteiger partial charge in [-0.3, -0.25) is 0 Å². The van der Waals surface area contributed by atoms with Gasteiger partial charge in [-0.1, -0.05) is 56.9 Å². The zero-order chi connectivity index (χ0) is 27.9. The van der Waals surface area contributed by atoms with Crippen molar-refractivity contribution in [2.75, 3.05) is 13.2 Å². The van der Waals surface area contributed by atoms with Crippen molar-refractivity contribution in [3.8, 4) is 11.5 Å². The van der Waals surface area contributed by atoms with Crippen LogP contribution in [0.2, 0.25) is 0 Å². The fourth-order valence-corrected chi connectivity index (χ4v) is 7.73. The van der Waals surface area contributed by atoms with Crippen LogP contribution in [-0.2, 0) is 11.3 Å². The molecule has 0 radical (unpaired) electrons.